The maximum absolute atomic E-state index is 14.5. The summed E-state index contributed by atoms with van der Waals surface area (Å²) >= 11 is 1.50. The van der Waals surface area contributed by atoms with Gasteiger partial charge in [0, 0.05) is 11.3 Å². The number of halogens is 1. The lowest BCUT2D eigenvalue weighted by molar-refractivity contribution is -0.115. The fourth-order valence-corrected chi connectivity index (χ4v) is 3.20. The molecule has 1 heterocycles. The second-order valence-corrected chi connectivity index (χ2v) is 6.57. The van der Waals surface area contributed by atoms with Gasteiger partial charge >= 0.3 is 0 Å². The highest BCUT2D eigenvalue weighted by molar-refractivity contribution is 7.16. The molecule has 1 amide bonds. The Hall–Kier alpha value is -2.73. The highest BCUT2D eigenvalue weighted by Gasteiger charge is 2.13. The number of carbonyl (C=O) groups is 1. The molecule has 134 valence electrons. The summed E-state index contributed by atoms with van der Waals surface area (Å²) < 4.78 is 20.9. The molecule has 1 N–H and O–H groups in total. The van der Waals surface area contributed by atoms with E-state index in [1.165, 1.54) is 11.3 Å². The minimum absolute atomic E-state index is 0.0610. The summed E-state index contributed by atoms with van der Waals surface area (Å²) in [5, 5.41) is 2.80. The second kappa shape index (κ2) is 8.58. The van der Waals surface area contributed by atoms with E-state index in [-0.39, 0.29) is 18.1 Å². The van der Waals surface area contributed by atoms with E-state index in [0.29, 0.717) is 17.9 Å². The maximum atomic E-state index is 14.5. The van der Waals surface area contributed by atoms with Crippen LogP contribution in [-0.4, -0.2) is 17.5 Å². The molecule has 0 atom stereocenters. The number of nitrogens with one attached hydrogen (secondary N) is 1. The average molecular weight is 370 g/mol. The average Bonchev–Trinajstić information content (AvgIpc) is 3.09. The lowest BCUT2D eigenvalue weighted by Gasteiger charge is -2.09. The predicted molar refractivity (Wildman–Crippen MR) is 103 cm³/mol. The minimum Gasteiger partial charge on any atom is -0.486 e. The zero-order valence-corrected chi connectivity index (χ0v) is 15.2. The lowest BCUT2D eigenvalue weighted by Crippen LogP contribution is -2.15. The molecule has 0 unspecified atom stereocenters. The zero-order valence-electron chi connectivity index (χ0n) is 14.4. The van der Waals surface area contributed by atoms with Crippen molar-refractivity contribution < 1.29 is 13.9 Å². The van der Waals surface area contributed by atoms with Gasteiger partial charge in [-0.25, -0.2) is 9.37 Å². The molecule has 0 aliphatic rings. The van der Waals surface area contributed by atoms with Gasteiger partial charge in [0.1, 0.15) is 6.61 Å². The van der Waals surface area contributed by atoms with Crippen LogP contribution in [0.3, 0.4) is 0 Å². The van der Waals surface area contributed by atoms with Crippen molar-refractivity contribution in [1.82, 2.24) is 4.98 Å². The first-order valence-corrected chi connectivity index (χ1v) is 9.23. The molecule has 4 nitrogen and oxygen atoms in total. The van der Waals surface area contributed by atoms with Gasteiger partial charge in [-0.05, 0) is 30.7 Å². The number of fused-ring (bicyclic) bond motifs is 1. The molecular weight excluding hydrogens is 351 g/mol. The molecule has 0 saturated heterocycles. The Kier molecular flexibility index (Phi) is 5.96. The maximum Gasteiger partial charge on any atom is 0.228 e. The molecule has 6 heteroatoms. The first kappa shape index (κ1) is 18.1. The number of benzene rings is 2. The Morgan fingerprint density at radius 2 is 2.19 bits per heavy atom. The first-order valence-electron chi connectivity index (χ1n) is 8.35. The van der Waals surface area contributed by atoms with Crippen LogP contribution in [0.5, 0.6) is 5.75 Å². The quantitative estimate of drug-likeness (QED) is 0.598. The molecule has 26 heavy (non-hydrogen) atoms. The molecule has 0 aliphatic heterocycles. The summed E-state index contributed by atoms with van der Waals surface area (Å²) in [7, 11) is 0. The number of aromatic nitrogens is 1. The number of carbonyl (C=O) groups excluding carboxylic acids is 1. The molecule has 3 rings (SSSR count). The van der Waals surface area contributed by atoms with Crippen LogP contribution in [0.2, 0.25) is 0 Å². The summed E-state index contributed by atoms with van der Waals surface area (Å²) in [6.07, 6.45) is 4.64. The van der Waals surface area contributed by atoms with Gasteiger partial charge < -0.3 is 10.1 Å². The summed E-state index contributed by atoms with van der Waals surface area (Å²) in [5.74, 6) is -0.622. The van der Waals surface area contributed by atoms with E-state index in [9.17, 15) is 9.18 Å². The van der Waals surface area contributed by atoms with Gasteiger partial charge in [-0.3, -0.25) is 4.79 Å². The van der Waals surface area contributed by atoms with Gasteiger partial charge in [0.2, 0.25) is 5.91 Å². The van der Waals surface area contributed by atoms with Crippen LogP contribution < -0.4 is 10.1 Å². The smallest absolute Gasteiger partial charge is 0.228 e. The number of amides is 1. The van der Waals surface area contributed by atoms with Crippen LogP contribution in [0.25, 0.3) is 10.2 Å². The van der Waals surface area contributed by atoms with E-state index in [4.69, 9.17) is 4.74 Å². The van der Waals surface area contributed by atoms with Crippen LogP contribution in [0.4, 0.5) is 10.1 Å². The number of allylic oxidation sites excluding steroid dienone is 1. The van der Waals surface area contributed by atoms with Crippen molar-refractivity contribution in [2.45, 2.75) is 19.8 Å². The highest BCUT2D eigenvalue weighted by Crippen LogP contribution is 2.23. The normalized spacial score (nSPS) is 11.2. The van der Waals surface area contributed by atoms with Crippen LogP contribution in [0.15, 0.2) is 54.1 Å². The topological polar surface area (TPSA) is 51.2 Å². The van der Waals surface area contributed by atoms with Gasteiger partial charge in [-0.1, -0.05) is 31.2 Å². The van der Waals surface area contributed by atoms with Crippen molar-refractivity contribution in [3.8, 4) is 5.75 Å². The number of hydrogen-bond donors (Lipinski definition) is 1. The van der Waals surface area contributed by atoms with Crippen molar-refractivity contribution in [1.29, 1.82) is 0 Å². The van der Waals surface area contributed by atoms with E-state index < -0.39 is 5.82 Å². The van der Waals surface area contributed by atoms with Gasteiger partial charge in [0.25, 0.3) is 0 Å². The van der Waals surface area contributed by atoms with Crippen LogP contribution in [-0.2, 0) is 11.2 Å². The Balaban J connectivity index is 1.65. The molecule has 1 aromatic heterocycles. The number of anilines is 1. The van der Waals surface area contributed by atoms with Crippen LogP contribution in [0, 0.1) is 5.82 Å². The Morgan fingerprint density at radius 1 is 1.31 bits per heavy atom. The first-order chi connectivity index (χ1) is 12.7. The molecule has 0 saturated carbocycles. The number of thiazole rings is 1. The van der Waals surface area contributed by atoms with E-state index in [0.717, 1.165) is 16.6 Å². The number of nitrogens with zero attached hydrogens (tertiary/aromatic N) is 1. The Morgan fingerprint density at radius 3 is 3.04 bits per heavy atom. The third-order valence-electron chi connectivity index (χ3n) is 3.75. The van der Waals surface area contributed by atoms with Crippen LogP contribution >= 0.6 is 11.3 Å². The molecule has 0 spiro atoms. The van der Waals surface area contributed by atoms with Crippen LogP contribution in [0.1, 0.15) is 18.9 Å². The number of ether oxygens (including phenoxy) is 1. The second-order valence-electron chi connectivity index (χ2n) is 5.68. The largest absolute Gasteiger partial charge is 0.486 e. The molecular formula is C20H19FN2O2S. The molecule has 0 fully saturated rings. The summed E-state index contributed by atoms with van der Waals surface area (Å²) in [4.78, 5) is 16.5. The van der Waals surface area contributed by atoms with Gasteiger partial charge in [-0.15, -0.1) is 11.3 Å². The standard InChI is InChI=1S/C20H19FN2O2S/c1-2-3-4-10-25-17-7-5-6-14(20(17)21)11-19(24)23-15-8-9-16-18(12-15)26-13-22-16/h3-9,12-13H,2,10-11H2,1H3,(H,23,24)/b4-3+. The lowest BCUT2D eigenvalue weighted by atomic mass is 10.1. The molecule has 0 radical (unpaired) electrons. The van der Waals surface area contributed by atoms with Crippen molar-refractivity contribution in [2.75, 3.05) is 11.9 Å². The van der Waals surface area contributed by atoms with Crippen molar-refractivity contribution in [3.05, 3.63) is 65.4 Å². The van der Waals surface area contributed by atoms with E-state index in [2.05, 4.69) is 10.3 Å². The van der Waals surface area contributed by atoms with Crippen molar-refractivity contribution in [2.24, 2.45) is 0 Å². The summed E-state index contributed by atoms with van der Waals surface area (Å²) in [5.41, 5.74) is 3.62. The molecule has 0 bridgehead atoms. The number of hydrogen-bond acceptors (Lipinski definition) is 4. The Labute approximate surface area is 155 Å². The SMILES string of the molecule is CC/C=C/COc1cccc(CC(=O)Nc2ccc3ncsc3c2)c1F. The number of rotatable bonds is 7. The molecule has 2 aromatic carbocycles. The van der Waals surface area contributed by atoms with Gasteiger partial charge in [0.05, 0.1) is 22.1 Å². The predicted octanol–water partition coefficient (Wildman–Crippen LogP) is 4.96. The zero-order chi connectivity index (χ0) is 18.4. The van der Waals surface area contributed by atoms with E-state index in [1.54, 1.807) is 29.8 Å². The molecule has 0 aliphatic carbocycles. The van der Waals surface area contributed by atoms with E-state index >= 15 is 0 Å². The minimum atomic E-state index is -0.495. The Bertz CT molecular complexity index is 936. The van der Waals surface area contributed by atoms with Gasteiger partial charge in [0.15, 0.2) is 11.6 Å². The van der Waals surface area contributed by atoms with Gasteiger partial charge in [-0.2, -0.15) is 0 Å². The van der Waals surface area contributed by atoms with Crippen molar-refractivity contribution >= 4 is 33.1 Å². The third-order valence-corrected chi connectivity index (χ3v) is 4.54. The fraction of sp³-hybridized carbons (Fsp3) is 0.200. The summed E-state index contributed by atoms with van der Waals surface area (Å²) in [6, 6.07) is 10.3. The monoisotopic (exact) mass is 370 g/mol. The highest BCUT2D eigenvalue weighted by atomic mass is 32.1. The van der Waals surface area contributed by atoms with E-state index in [1.807, 2.05) is 31.2 Å². The third kappa shape index (κ3) is 4.46. The molecule has 3 aromatic rings. The fourth-order valence-electron chi connectivity index (χ4n) is 2.49. The summed E-state index contributed by atoms with van der Waals surface area (Å²) in [6.45, 7) is 2.32. The van der Waals surface area contributed by atoms with Crippen molar-refractivity contribution in [3.63, 3.8) is 0 Å².